The van der Waals surface area contributed by atoms with Crippen LogP contribution >= 0.6 is 0 Å². The molecule has 0 N–H and O–H groups in total. The van der Waals surface area contributed by atoms with E-state index in [-0.39, 0.29) is 11.8 Å². The van der Waals surface area contributed by atoms with Crippen LogP contribution < -0.4 is 0 Å². The number of likely N-dealkylation sites (N-methyl/N-ethyl adjacent to an activating group) is 1. The van der Waals surface area contributed by atoms with Crippen molar-refractivity contribution in [1.82, 2.24) is 14.7 Å². The Labute approximate surface area is 144 Å². The minimum Gasteiger partial charge on any atom is -0.344 e. The zero-order valence-electron chi connectivity index (χ0n) is 14.5. The highest BCUT2D eigenvalue weighted by Crippen LogP contribution is 2.29. The largest absolute Gasteiger partial charge is 0.344 e. The molecule has 5 heteroatoms. The summed E-state index contributed by atoms with van der Waals surface area (Å²) in [5.41, 5.74) is 0.742. The van der Waals surface area contributed by atoms with Gasteiger partial charge in [-0.1, -0.05) is 18.2 Å². The van der Waals surface area contributed by atoms with Crippen molar-refractivity contribution in [2.24, 2.45) is 5.92 Å². The van der Waals surface area contributed by atoms with Crippen LogP contribution in [0, 0.1) is 5.92 Å². The molecule has 1 heterocycles. The quantitative estimate of drug-likeness (QED) is 0.826. The van der Waals surface area contributed by atoms with Gasteiger partial charge in [-0.25, -0.2) is 0 Å². The molecule has 0 bridgehead atoms. The average molecular weight is 329 g/mol. The van der Waals surface area contributed by atoms with E-state index in [4.69, 9.17) is 0 Å². The van der Waals surface area contributed by atoms with E-state index >= 15 is 0 Å². The summed E-state index contributed by atoms with van der Waals surface area (Å²) in [6, 6.07) is 9.44. The number of benzene rings is 1. The van der Waals surface area contributed by atoms with Crippen molar-refractivity contribution in [3.63, 3.8) is 0 Å². The average Bonchev–Trinajstić information content (AvgIpc) is 3.42. The molecule has 1 aromatic carbocycles. The van der Waals surface area contributed by atoms with Crippen LogP contribution in [0.4, 0.5) is 0 Å². The van der Waals surface area contributed by atoms with Gasteiger partial charge in [0.1, 0.15) is 0 Å². The van der Waals surface area contributed by atoms with Crippen molar-refractivity contribution in [2.75, 3.05) is 46.3 Å². The SMILES string of the molecule is CN(CC1CC1)C(=O)CN1CCCN(C(=O)c2ccccc2)CC1. The van der Waals surface area contributed by atoms with Crippen molar-refractivity contribution in [3.05, 3.63) is 35.9 Å². The van der Waals surface area contributed by atoms with Crippen molar-refractivity contribution < 1.29 is 9.59 Å². The molecule has 1 saturated heterocycles. The summed E-state index contributed by atoms with van der Waals surface area (Å²) in [5.74, 6) is 1.02. The summed E-state index contributed by atoms with van der Waals surface area (Å²) in [6.07, 6.45) is 3.44. The van der Waals surface area contributed by atoms with Gasteiger partial charge in [-0.05, 0) is 37.3 Å². The minimum atomic E-state index is 0.0922. The molecular formula is C19H27N3O2. The lowest BCUT2D eigenvalue weighted by Crippen LogP contribution is -2.41. The summed E-state index contributed by atoms with van der Waals surface area (Å²) >= 11 is 0. The molecule has 0 aromatic heterocycles. The molecule has 130 valence electrons. The molecule has 1 aliphatic heterocycles. The van der Waals surface area contributed by atoms with E-state index in [0.717, 1.165) is 44.1 Å². The maximum atomic E-state index is 12.6. The summed E-state index contributed by atoms with van der Waals surface area (Å²) in [6.45, 7) is 4.45. The molecule has 2 aliphatic rings. The third-order valence-corrected chi connectivity index (χ3v) is 4.91. The maximum absolute atomic E-state index is 12.6. The predicted octanol–water partition coefficient (Wildman–Crippen LogP) is 1.70. The Kier molecular flexibility index (Phi) is 5.51. The first-order chi connectivity index (χ1) is 11.6. The molecule has 24 heavy (non-hydrogen) atoms. The fraction of sp³-hybridized carbons (Fsp3) is 0.579. The van der Waals surface area contributed by atoms with Crippen LogP contribution in [0.5, 0.6) is 0 Å². The molecule has 1 aromatic rings. The fourth-order valence-corrected chi connectivity index (χ4v) is 3.20. The Hall–Kier alpha value is -1.88. The number of amides is 2. The number of nitrogens with zero attached hydrogens (tertiary/aromatic N) is 3. The lowest BCUT2D eigenvalue weighted by atomic mass is 10.2. The summed E-state index contributed by atoms with van der Waals surface area (Å²) in [7, 11) is 1.91. The van der Waals surface area contributed by atoms with E-state index in [1.165, 1.54) is 12.8 Å². The smallest absolute Gasteiger partial charge is 0.253 e. The molecule has 0 spiro atoms. The lowest BCUT2D eigenvalue weighted by Gasteiger charge is -2.24. The Balaban J connectivity index is 1.49. The Morgan fingerprint density at radius 1 is 1.08 bits per heavy atom. The van der Waals surface area contributed by atoms with Crippen molar-refractivity contribution >= 4 is 11.8 Å². The zero-order valence-corrected chi connectivity index (χ0v) is 14.5. The van der Waals surface area contributed by atoms with Crippen LogP contribution in [0.2, 0.25) is 0 Å². The molecule has 0 unspecified atom stereocenters. The van der Waals surface area contributed by atoms with Crippen LogP contribution in [0.1, 0.15) is 29.6 Å². The van der Waals surface area contributed by atoms with Gasteiger partial charge in [-0.2, -0.15) is 0 Å². The maximum Gasteiger partial charge on any atom is 0.253 e. The monoisotopic (exact) mass is 329 g/mol. The molecule has 0 atom stereocenters. The van der Waals surface area contributed by atoms with Gasteiger partial charge in [0.25, 0.3) is 5.91 Å². The van der Waals surface area contributed by atoms with E-state index < -0.39 is 0 Å². The van der Waals surface area contributed by atoms with Gasteiger partial charge in [0.2, 0.25) is 5.91 Å². The van der Waals surface area contributed by atoms with E-state index in [1.807, 2.05) is 47.2 Å². The van der Waals surface area contributed by atoms with Gasteiger partial charge in [0, 0.05) is 45.3 Å². The highest BCUT2D eigenvalue weighted by molar-refractivity contribution is 5.94. The van der Waals surface area contributed by atoms with Crippen LogP contribution in [0.15, 0.2) is 30.3 Å². The first kappa shape index (κ1) is 17.0. The van der Waals surface area contributed by atoms with Gasteiger partial charge in [-0.15, -0.1) is 0 Å². The number of hydrogen-bond acceptors (Lipinski definition) is 3. The Bertz CT molecular complexity index is 571. The molecule has 2 amide bonds. The summed E-state index contributed by atoms with van der Waals surface area (Å²) in [5, 5.41) is 0. The van der Waals surface area contributed by atoms with Gasteiger partial charge >= 0.3 is 0 Å². The van der Waals surface area contributed by atoms with Crippen LogP contribution in [-0.4, -0.2) is 72.8 Å². The highest BCUT2D eigenvalue weighted by atomic mass is 16.2. The second-order valence-electron chi connectivity index (χ2n) is 7.01. The summed E-state index contributed by atoms with van der Waals surface area (Å²) in [4.78, 5) is 30.8. The Morgan fingerprint density at radius 3 is 2.54 bits per heavy atom. The number of rotatable bonds is 5. The van der Waals surface area contributed by atoms with E-state index in [1.54, 1.807) is 0 Å². The van der Waals surface area contributed by atoms with E-state index in [0.29, 0.717) is 13.1 Å². The fourth-order valence-electron chi connectivity index (χ4n) is 3.20. The van der Waals surface area contributed by atoms with Gasteiger partial charge < -0.3 is 9.80 Å². The van der Waals surface area contributed by atoms with Crippen molar-refractivity contribution in [2.45, 2.75) is 19.3 Å². The lowest BCUT2D eigenvalue weighted by molar-refractivity contribution is -0.131. The molecule has 1 saturated carbocycles. The molecule has 3 rings (SSSR count). The molecule has 0 radical (unpaired) electrons. The Morgan fingerprint density at radius 2 is 1.83 bits per heavy atom. The highest BCUT2D eigenvalue weighted by Gasteiger charge is 2.26. The number of carbonyl (C=O) groups excluding carboxylic acids is 2. The number of carbonyl (C=O) groups is 2. The standard InChI is InChI=1S/C19H27N3O2/c1-20(14-16-8-9-16)18(23)15-21-10-5-11-22(13-12-21)19(24)17-6-3-2-4-7-17/h2-4,6-7,16H,5,8-15H2,1H3. The second-order valence-corrected chi connectivity index (χ2v) is 7.01. The molecular weight excluding hydrogens is 302 g/mol. The normalized spacial score (nSPS) is 19.0. The predicted molar refractivity (Wildman–Crippen MR) is 93.8 cm³/mol. The summed E-state index contributed by atoms with van der Waals surface area (Å²) < 4.78 is 0. The van der Waals surface area contributed by atoms with Crippen LogP contribution in [0.3, 0.4) is 0 Å². The van der Waals surface area contributed by atoms with Crippen LogP contribution in [-0.2, 0) is 4.79 Å². The first-order valence-corrected chi connectivity index (χ1v) is 8.94. The van der Waals surface area contributed by atoms with Gasteiger partial charge in [0.15, 0.2) is 0 Å². The van der Waals surface area contributed by atoms with Crippen LogP contribution in [0.25, 0.3) is 0 Å². The van der Waals surface area contributed by atoms with Crippen molar-refractivity contribution in [1.29, 1.82) is 0 Å². The van der Waals surface area contributed by atoms with E-state index in [9.17, 15) is 9.59 Å². The molecule has 2 fully saturated rings. The van der Waals surface area contributed by atoms with Crippen molar-refractivity contribution in [3.8, 4) is 0 Å². The third kappa shape index (κ3) is 4.57. The van der Waals surface area contributed by atoms with E-state index in [2.05, 4.69) is 4.90 Å². The zero-order chi connectivity index (χ0) is 16.9. The third-order valence-electron chi connectivity index (χ3n) is 4.91. The molecule has 5 nitrogen and oxygen atoms in total. The van der Waals surface area contributed by atoms with Gasteiger partial charge in [-0.3, -0.25) is 14.5 Å². The molecule has 1 aliphatic carbocycles. The first-order valence-electron chi connectivity index (χ1n) is 8.94. The minimum absolute atomic E-state index is 0.0922. The number of hydrogen-bond donors (Lipinski definition) is 0. The second kappa shape index (κ2) is 7.79. The van der Waals surface area contributed by atoms with Gasteiger partial charge in [0.05, 0.1) is 6.54 Å². The topological polar surface area (TPSA) is 43.9 Å².